The molecule has 0 saturated carbocycles. The number of nitrogens with one attached hydrogen (secondary N) is 2. The van der Waals surface area contributed by atoms with Gasteiger partial charge in [0.25, 0.3) is 11.8 Å². The SMILES string of the molecule is O=C(Nc1n[nH]c2c1CN(C(=O)c1cnccn1)C2)c1ccc(Oc2ccccc2)cc1. The number of hydrogen-bond acceptors (Lipinski definition) is 6. The van der Waals surface area contributed by atoms with E-state index in [0.717, 1.165) is 17.0 Å². The summed E-state index contributed by atoms with van der Waals surface area (Å²) in [6.07, 6.45) is 4.42. The summed E-state index contributed by atoms with van der Waals surface area (Å²) in [5, 5.41) is 9.92. The number of anilines is 1. The Hall–Kier alpha value is -4.53. The zero-order valence-corrected chi connectivity index (χ0v) is 16.9. The Morgan fingerprint density at radius 3 is 2.50 bits per heavy atom. The van der Waals surface area contributed by atoms with Gasteiger partial charge >= 0.3 is 0 Å². The van der Waals surface area contributed by atoms with Crippen LogP contribution in [-0.2, 0) is 13.1 Å². The van der Waals surface area contributed by atoms with Gasteiger partial charge in [0.2, 0.25) is 0 Å². The maximum atomic E-state index is 12.7. The lowest BCUT2D eigenvalue weighted by Gasteiger charge is -2.14. The van der Waals surface area contributed by atoms with Crippen molar-refractivity contribution in [3.05, 3.63) is 95.7 Å². The van der Waals surface area contributed by atoms with Crippen LogP contribution < -0.4 is 10.1 Å². The summed E-state index contributed by atoms with van der Waals surface area (Å²) in [6, 6.07) is 16.2. The van der Waals surface area contributed by atoms with Crippen molar-refractivity contribution in [3.8, 4) is 11.5 Å². The Kier molecular flexibility index (Phi) is 5.04. The molecule has 158 valence electrons. The Morgan fingerprint density at radius 2 is 1.75 bits per heavy atom. The van der Waals surface area contributed by atoms with Gasteiger partial charge in [0.15, 0.2) is 5.82 Å². The number of carbonyl (C=O) groups is 2. The third-order valence-corrected chi connectivity index (χ3v) is 5.05. The first kappa shape index (κ1) is 19.4. The van der Waals surface area contributed by atoms with Gasteiger partial charge in [-0.15, -0.1) is 0 Å². The van der Waals surface area contributed by atoms with Crippen molar-refractivity contribution in [2.24, 2.45) is 0 Å². The zero-order chi connectivity index (χ0) is 21.9. The Labute approximate surface area is 183 Å². The number of ether oxygens (including phenoxy) is 1. The molecule has 5 rings (SSSR count). The van der Waals surface area contributed by atoms with E-state index in [-0.39, 0.29) is 17.5 Å². The van der Waals surface area contributed by atoms with E-state index in [2.05, 4.69) is 25.5 Å². The van der Waals surface area contributed by atoms with Crippen molar-refractivity contribution >= 4 is 17.6 Å². The third kappa shape index (κ3) is 3.91. The lowest BCUT2D eigenvalue weighted by Crippen LogP contribution is -2.27. The predicted molar refractivity (Wildman–Crippen MR) is 115 cm³/mol. The van der Waals surface area contributed by atoms with Crippen molar-refractivity contribution in [3.63, 3.8) is 0 Å². The molecule has 0 radical (unpaired) electrons. The number of H-pyrrole nitrogens is 1. The number of fused-ring (bicyclic) bond motifs is 1. The fraction of sp³-hybridized carbons (Fsp3) is 0.0870. The normalized spacial score (nSPS) is 12.3. The van der Waals surface area contributed by atoms with E-state index in [0.29, 0.717) is 30.2 Å². The summed E-state index contributed by atoms with van der Waals surface area (Å²) < 4.78 is 5.75. The second-order valence-electron chi connectivity index (χ2n) is 7.17. The van der Waals surface area contributed by atoms with Gasteiger partial charge in [0, 0.05) is 23.5 Å². The van der Waals surface area contributed by atoms with E-state index in [1.54, 1.807) is 29.2 Å². The number of benzene rings is 2. The van der Waals surface area contributed by atoms with Crippen LogP contribution in [-0.4, -0.2) is 36.9 Å². The first-order chi connectivity index (χ1) is 15.7. The average Bonchev–Trinajstić information content (AvgIpc) is 3.42. The van der Waals surface area contributed by atoms with Crippen LogP contribution in [0.25, 0.3) is 0 Å². The number of aromatic amines is 1. The van der Waals surface area contributed by atoms with Gasteiger partial charge in [-0.05, 0) is 36.4 Å². The molecule has 2 amide bonds. The second-order valence-corrected chi connectivity index (χ2v) is 7.17. The summed E-state index contributed by atoms with van der Waals surface area (Å²) in [7, 11) is 0. The van der Waals surface area contributed by atoms with E-state index >= 15 is 0 Å². The number of aromatic nitrogens is 4. The van der Waals surface area contributed by atoms with Crippen LogP contribution in [0.3, 0.4) is 0 Å². The molecule has 9 heteroatoms. The minimum absolute atomic E-state index is 0.228. The standard InChI is InChI=1S/C23H18N6O3/c30-22(15-6-8-17(9-7-15)32-16-4-2-1-3-5-16)26-21-18-13-29(14-20(18)27-28-21)23(31)19-12-24-10-11-25-19/h1-12H,13-14H2,(H2,26,27,28,30). The van der Waals surface area contributed by atoms with Gasteiger partial charge in [-0.25, -0.2) is 4.98 Å². The smallest absolute Gasteiger partial charge is 0.274 e. The first-order valence-electron chi connectivity index (χ1n) is 9.93. The van der Waals surface area contributed by atoms with Crippen LogP contribution in [0.5, 0.6) is 11.5 Å². The summed E-state index contributed by atoms with van der Waals surface area (Å²) >= 11 is 0. The van der Waals surface area contributed by atoms with Gasteiger partial charge in [-0.3, -0.25) is 19.7 Å². The maximum absolute atomic E-state index is 12.7. The van der Waals surface area contributed by atoms with E-state index in [4.69, 9.17) is 4.74 Å². The molecule has 9 nitrogen and oxygen atoms in total. The first-order valence-corrected chi connectivity index (χ1v) is 9.93. The third-order valence-electron chi connectivity index (χ3n) is 5.05. The van der Waals surface area contributed by atoms with Gasteiger partial charge in [0.1, 0.15) is 17.2 Å². The fourth-order valence-corrected chi connectivity index (χ4v) is 3.44. The molecule has 0 aliphatic carbocycles. The van der Waals surface area contributed by atoms with Crippen molar-refractivity contribution in [1.29, 1.82) is 0 Å². The molecule has 0 saturated heterocycles. The highest BCUT2D eigenvalue weighted by Crippen LogP contribution is 2.28. The number of para-hydroxylation sites is 1. The number of nitrogens with zero attached hydrogens (tertiary/aromatic N) is 4. The van der Waals surface area contributed by atoms with Crippen LogP contribution in [0.15, 0.2) is 73.2 Å². The fourth-order valence-electron chi connectivity index (χ4n) is 3.44. The Balaban J connectivity index is 1.25. The highest BCUT2D eigenvalue weighted by Gasteiger charge is 2.30. The van der Waals surface area contributed by atoms with E-state index in [1.165, 1.54) is 18.6 Å². The molecule has 0 spiro atoms. The highest BCUT2D eigenvalue weighted by molar-refractivity contribution is 6.04. The molecule has 0 atom stereocenters. The lowest BCUT2D eigenvalue weighted by atomic mass is 10.2. The van der Waals surface area contributed by atoms with E-state index in [1.807, 2.05) is 30.3 Å². The summed E-state index contributed by atoms with van der Waals surface area (Å²) in [6.45, 7) is 0.680. The average molecular weight is 426 g/mol. The quantitative estimate of drug-likeness (QED) is 0.506. The molecule has 3 heterocycles. The van der Waals surface area contributed by atoms with Crippen LogP contribution in [0.4, 0.5) is 5.82 Å². The van der Waals surface area contributed by atoms with E-state index in [9.17, 15) is 9.59 Å². The molecule has 1 aliphatic heterocycles. The van der Waals surface area contributed by atoms with Crippen LogP contribution >= 0.6 is 0 Å². The summed E-state index contributed by atoms with van der Waals surface area (Å²) in [5.41, 5.74) is 2.30. The van der Waals surface area contributed by atoms with Crippen molar-refractivity contribution in [2.75, 3.05) is 5.32 Å². The van der Waals surface area contributed by atoms with Crippen LogP contribution in [0, 0.1) is 0 Å². The zero-order valence-electron chi connectivity index (χ0n) is 16.9. The Morgan fingerprint density at radius 1 is 0.969 bits per heavy atom. The maximum Gasteiger partial charge on any atom is 0.274 e. The molecule has 0 fully saturated rings. The van der Waals surface area contributed by atoms with Crippen molar-refractivity contribution in [2.45, 2.75) is 13.1 Å². The molecule has 32 heavy (non-hydrogen) atoms. The number of rotatable bonds is 5. The van der Waals surface area contributed by atoms with Crippen molar-refractivity contribution in [1.82, 2.24) is 25.1 Å². The van der Waals surface area contributed by atoms with Crippen LogP contribution in [0.2, 0.25) is 0 Å². The molecule has 2 N–H and O–H groups in total. The summed E-state index contributed by atoms with van der Waals surface area (Å²) in [5.74, 6) is 1.23. The van der Waals surface area contributed by atoms with Gasteiger partial charge < -0.3 is 15.0 Å². The molecule has 2 aromatic carbocycles. The number of amides is 2. The number of carbonyl (C=O) groups excluding carboxylic acids is 2. The Bertz CT molecular complexity index is 1260. The van der Waals surface area contributed by atoms with Crippen molar-refractivity contribution < 1.29 is 14.3 Å². The van der Waals surface area contributed by atoms with Gasteiger partial charge in [-0.2, -0.15) is 5.10 Å². The molecular weight excluding hydrogens is 408 g/mol. The predicted octanol–water partition coefficient (Wildman–Crippen LogP) is 3.40. The topological polar surface area (TPSA) is 113 Å². The monoisotopic (exact) mass is 426 g/mol. The molecule has 4 aromatic rings. The molecular formula is C23H18N6O3. The number of hydrogen-bond donors (Lipinski definition) is 2. The van der Waals surface area contributed by atoms with Gasteiger partial charge in [0.05, 0.1) is 25.0 Å². The lowest BCUT2D eigenvalue weighted by molar-refractivity contribution is 0.0743. The minimum atomic E-state index is -0.302. The molecule has 2 aromatic heterocycles. The van der Waals surface area contributed by atoms with E-state index < -0.39 is 0 Å². The largest absolute Gasteiger partial charge is 0.457 e. The second kappa shape index (κ2) is 8.31. The minimum Gasteiger partial charge on any atom is -0.457 e. The summed E-state index contributed by atoms with van der Waals surface area (Å²) in [4.78, 5) is 35.0. The van der Waals surface area contributed by atoms with Crippen LogP contribution in [0.1, 0.15) is 32.1 Å². The molecule has 1 aliphatic rings. The molecule has 0 unspecified atom stereocenters. The molecule has 0 bridgehead atoms. The highest BCUT2D eigenvalue weighted by atomic mass is 16.5. The van der Waals surface area contributed by atoms with Gasteiger partial charge in [-0.1, -0.05) is 18.2 Å².